The van der Waals surface area contributed by atoms with Crippen molar-refractivity contribution in [2.45, 2.75) is 44.8 Å². The van der Waals surface area contributed by atoms with E-state index in [-0.39, 0.29) is 12.0 Å². The summed E-state index contributed by atoms with van der Waals surface area (Å²) in [5.41, 5.74) is 0.373. The van der Waals surface area contributed by atoms with Crippen molar-refractivity contribution >= 4 is 12.0 Å². The van der Waals surface area contributed by atoms with Crippen molar-refractivity contribution in [2.75, 3.05) is 32.8 Å². The number of carbonyl (C=O) groups excluding carboxylic acids is 2. The van der Waals surface area contributed by atoms with E-state index in [1.165, 1.54) is 0 Å². The van der Waals surface area contributed by atoms with E-state index in [9.17, 15) is 9.59 Å². The smallest absolute Gasteiger partial charge is 0.410 e. The number of morpholine rings is 1. The minimum Gasteiger partial charge on any atom is -0.444 e. The Balaban J connectivity index is 1.63. The number of ether oxygens (including phenoxy) is 2. The van der Waals surface area contributed by atoms with E-state index >= 15 is 0 Å². The maximum absolute atomic E-state index is 12.9. The van der Waals surface area contributed by atoms with Gasteiger partial charge in [0, 0.05) is 30.8 Å². The highest BCUT2D eigenvalue weighted by molar-refractivity contribution is 5.94. The molecule has 1 spiro atoms. The number of piperidine rings is 1. The number of terminal acetylenes is 1. The van der Waals surface area contributed by atoms with Gasteiger partial charge in [-0.1, -0.05) is 12.0 Å². The van der Waals surface area contributed by atoms with Gasteiger partial charge < -0.3 is 19.3 Å². The molecule has 0 unspecified atom stereocenters. The molecule has 0 saturated carbocycles. The van der Waals surface area contributed by atoms with Gasteiger partial charge in [-0.15, -0.1) is 6.42 Å². The zero-order chi connectivity index (χ0) is 20.4. The molecular formula is C22H28N2O4. The van der Waals surface area contributed by atoms with Crippen LogP contribution in [0.1, 0.15) is 49.5 Å². The molecule has 0 aromatic heterocycles. The minimum atomic E-state index is -0.510. The van der Waals surface area contributed by atoms with Crippen LogP contribution in [0, 0.1) is 12.3 Å². The van der Waals surface area contributed by atoms with E-state index in [4.69, 9.17) is 15.9 Å². The summed E-state index contributed by atoms with van der Waals surface area (Å²) in [6.07, 6.45) is 6.52. The average molecular weight is 384 g/mol. The number of likely N-dealkylation sites (tertiary alicyclic amines) is 1. The third kappa shape index (κ3) is 4.66. The Morgan fingerprint density at radius 1 is 1.18 bits per heavy atom. The minimum absolute atomic E-state index is 0.0330. The largest absolute Gasteiger partial charge is 0.444 e. The molecular weight excluding hydrogens is 356 g/mol. The van der Waals surface area contributed by atoms with E-state index in [0.29, 0.717) is 56.8 Å². The molecule has 1 aromatic carbocycles. The molecule has 2 saturated heterocycles. The molecule has 0 radical (unpaired) electrons. The standard InChI is InChI=1S/C22H28N2O4/c1-5-17-7-6-8-18(15-17)19(25)24-13-14-27-22(16-24)9-11-23(12-10-22)20(26)28-21(2,3)4/h1,6-8,15H,9-14,16H2,2-4H3. The Morgan fingerprint density at radius 2 is 1.89 bits per heavy atom. The summed E-state index contributed by atoms with van der Waals surface area (Å²) in [6.45, 7) is 8.27. The lowest BCUT2D eigenvalue weighted by molar-refractivity contribution is -0.126. The monoisotopic (exact) mass is 384 g/mol. The molecule has 0 N–H and O–H groups in total. The van der Waals surface area contributed by atoms with E-state index in [1.807, 2.05) is 31.7 Å². The van der Waals surface area contributed by atoms with E-state index in [2.05, 4.69) is 5.92 Å². The summed E-state index contributed by atoms with van der Waals surface area (Å²) in [5.74, 6) is 2.54. The van der Waals surface area contributed by atoms with Crippen LogP contribution in [0.5, 0.6) is 0 Å². The summed E-state index contributed by atoms with van der Waals surface area (Å²) in [4.78, 5) is 28.8. The third-order valence-corrected chi connectivity index (χ3v) is 5.14. The van der Waals surface area contributed by atoms with Crippen LogP contribution in [-0.2, 0) is 9.47 Å². The number of nitrogens with zero attached hydrogens (tertiary/aromatic N) is 2. The summed E-state index contributed by atoms with van der Waals surface area (Å²) in [6, 6.07) is 7.15. The van der Waals surface area contributed by atoms with E-state index in [1.54, 1.807) is 23.1 Å². The highest BCUT2D eigenvalue weighted by Crippen LogP contribution is 2.31. The summed E-state index contributed by atoms with van der Waals surface area (Å²) in [5, 5.41) is 0. The van der Waals surface area contributed by atoms with Gasteiger partial charge in [-0.05, 0) is 51.8 Å². The van der Waals surface area contributed by atoms with Gasteiger partial charge in [0.25, 0.3) is 5.91 Å². The first-order valence-corrected chi connectivity index (χ1v) is 9.69. The van der Waals surface area contributed by atoms with Crippen molar-refractivity contribution in [2.24, 2.45) is 0 Å². The molecule has 2 aliphatic rings. The number of hydrogen-bond donors (Lipinski definition) is 0. The highest BCUT2D eigenvalue weighted by Gasteiger charge is 2.42. The second kappa shape index (κ2) is 7.84. The van der Waals surface area contributed by atoms with Gasteiger partial charge in [0.1, 0.15) is 5.60 Å². The SMILES string of the molecule is C#Cc1cccc(C(=O)N2CCOC3(CCN(C(=O)OC(C)(C)C)CC3)C2)c1. The second-order valence-electron chi connectivity index (χ2n) is 8.45. The first kappa shape index (κ1) is 20.2. The van der Waals surface area contributed by atoms with Crippen molar-refractivity contribution in [1.29, 1.82) is 0 Å². The van der Waals surface area contributed by atoms with E-state index in [0.717, 1.165) is 0 Å². The first-order chi connectivity index (χ1) is 13.2. The summed E-state index contributed by atoms with van der Waals surface area (Å²) >= 11 is 0. The number of amides is 2. The van der Waals surface area contributed by atoms with Gasteiger partial charge >= 0.3 is 6.09 Å². The van der Waals surface area contributed by atoms with Crippen LogP contribution in [0.4, 0.5) is 4.79 Å². The van der Waals surface area contributed by atoms with Gasteiger partial charge in [-0.2, -0.15) is 0 Å². The zero-order valence-corrected chi connectivity index (χ0v) is 16.9. The maximum Gasteiger partial charge on any atom is 0.410 e. The van der Waals surface area contributed by atoms with Gasteiger partial charge in [0.2, 0.25) is 0 Å². The van der Waals surface area contributed by atoms with Gasteiger partial charge in [-0.25, -0.2) is 4.79 Å². The van der Waals surface area contributed by atoms with Crippen molar-refractivity contribution in [3.05, 3.63) is 35.4 Å². The molecule has 6 nitrogen and oxygen atoms in total. The summed E-state index contributed by atoms with van der Waals surface area (Å²) < 4.78 is 11.5. The number of hydrogen-bond acceptors (Lipinski definition) is 4. The zero-order valence-electron chi connectivity index (χ0n) is 16.9. The number of benzene rings is 1. The lowest BCUT2D eigenvalue weighted by Crippen LogP contribution is -2.58. The van der Waals surface area contributed by atoms with Gasteiger partial charge in [0.05, 0.1) is 18.8 Å². The number of rotatable bonds is 1. The number of carbonyl (C=O) groups is 2. The molecule has 0 bridgehead atoms. The van der Waals surface area contributed by atoms with E-state index < -0.39 is 11.2 Å². The van der Waals surface area contributed by atoms with Gasteiger partial charge in [0.15, 0.2) is 0 Å². The Morgan fingerprint density at radius 3 is 2.54 bits per heavy atom. The second-order valence-corrected chi connectivity index (χ2v) is 8.45. The molecule has 1 aromatic rings. The Hall–Kier alpha value is -2.52. The highest BCUT2D eigenvalue weighted by atomic mass is 16.6. The van der Waals surface area contributed by atoms with Crippen LogP contribution >= 0.6 is 0 Å². The molecule has 2 aliphatic heterocycles. The van der Waals surface area contributed by atoms with Crippen molar-refractivity contribution in [3.63, 3.8) is 0 Å². The molecule has 28 heavy (non-hydrogen) atoms. The predicted octanol–water partition coefficient (Wildman–Crippen LogP) is 2.91. The molecule has 0 atom stereocenters. The van der Waals surface area contributed by atoms with Crippen LogP contribution < -0.4 is 0 Å². The molecule has 3 rings (SSSR count). The maximum atomic E-state index is 12.9. The normalized spacial score (nSPS) is 19.2. The van der Waals surface area contributed by atoms with Crippen LogP contribution in [0.3, 0.4) is 0 Å². The quantitative estimate of drug-likeness (QED) is 0.699. The molecule has 2 fully saturated rings. The molecule has 150 valence electrons. The van der Waals surface area contributed by atoms with Crippen molar-refractivity contribution in [3.8, 4) is 12.3 Å². The van der Waals surface area contributed by atoms with Crippen LogP contribution in [0.25, 0.3) is 0 Å². The van der Waals surface area contributed by atoms with Crippen LogP contribution in [0.15, 0.2) is 24.3 Å². The first-order valence-electron chi connectivity index (χ1n) is 9.69. The fourth-order valence-electron chi connectivity index (χ4n) is 3.67. The molecule has 2 amide bonds. The van der Waals surface area contributed by atoms with Crippen molar-refractivity contribution < 1.29 is 19.1 Å². The van der Waals surface area contributed by atoms with Gasteiger partial charge in [-0.3, -0.25) is 4.79 Å². The van der Waals surface area contributed by atoms with Crippen molar-refractivity contribution in [1.82, 2.24) is 9.80 Å². The topological polar surface area (TPSA) is 59.1 Å². The Bertz CT molecular complexity index is 782. The molecule has 6 heteroatoms. The fraction of sp³-hybridized carbons (Fsp3) is 0.545. The molecule has 0 aliphatic carbocycles. The van der Waals surface area contributed by atoms with Crippen LogP contribution in [-0.4, -0.2) is 65.8 Å². The average Bonchev–Trinajstić information content (AvgIpc) is 2.66. The predicted molar refractivity (Wildman–Crippen MR) is 106 cm³/mol. The lowest BCUT2D eigenvalue weighted by atomic mass is 9.89. The fourth-order valence-corrected chi connectivity index (χ4v) is 3.67. The Kier molecular flexibility index (Phi) is 5.66. The Labute approximate surface area is 166 Å². The summed E-state index contributed by atoms with van der Waals surface area (Å²) in [7, 11) is 0. The lowest BCUT2D eigenvalue weighted by Gasteiger charge is -2.47. The van der Waals surface area contributed by atoms with Crippen LogP contribution in [0.2, 0.25) is 0 Å². The molecule has 2 heterocycles. The third-order valence-electron chi connectivity index (χ3n) is 5.14.